The molecule has 354 valence electrons. The number of hydrogen-bond acceptors (Lipinski definition) is 11. The fourth-order valence-electron chi connectivity index (χ4n) is 18.8. The molecule has 2 N–H and O–H groups in total. The molecule has 5 aliphatic carbocycles. The molecule has 11 aliphatic rings. The summed E-state index contributed by atoms with van der Waals surface area (Å²) in [7, 11) is 0. The van der Waals surface area contributed by atoms with Crippen LogP contribution < -0.4 is 5.32 Å². The molecule has 0 amide bonds. The van der Waals surface area contributed by atoms with Crippen LogP contribution in [0.2, 0.25) is 0 Å². The summed E-state index contributed by atoms with van der Waals surface area (Å²) in [6, 6.07) is 13.3. The number of carbonyl (C=O) groups excluding carboxylic acids is 3. The lowest BCUT2D eigenvalue weighted by Crippen LogP contribution is -2.80. The maximum absolute atomic E-state index is 15.9. The number of aliphatic hydroxyl groups is 1. The van der Waals surface area contributed by atoms with E-state index in [0.717, 1.165) is 82.3 Å². The molecule has 11 nitrogen and oxygen atoms in total. The highest BCUT2D eigenvalue weighted by Crippen LogP contribution is 2.83. The van der Waals surface area contributed by atoms with Crippen LogP contribution >= 0.6 is 0 Å². The third-order valence-electron chi connectivity index (χ3n) is 21.1. The van der Waals surface area contributed by atoms with E-state index >= 15 is 4.79 Å². The zero-order valence-corrected chi connectivity index (χ0v) is 39.2. The van der Waals surface area contributed by atoms with Gasteiger partial charge in [-0.2, -0.15) is 0 Å². The number of epoxide rings is 1. The standard InChI is InChI=1S/C55H70N2O9/c1-50(2)43-42(58)44(59)54(36-13-9-12-34(28-36)26-32-10-5-4-6-11-32)41(53(43)30-63-49(61)52(48(53)66-50)21-7-8-22-52)18-23-51(3)45(64-47(60)46-55(51,54)65-46)38-20-25-62-40(38)17-15-33-14-16-37-35(27-33)19-24-57-31-56-29-39(37)57/h4-6,10-11,19-20,24-25,33-37,39,41,43-46,48,56,59H,7-9,12-18,21-23,26-31H2,1-3H3/t33-,34-,35-,36+,37-,39+,41-,43-,44-,45+,46-,48+,51+,53-,54+,55-/m1/s1. The quantitative estimate of drug-likeness (QED) is 0.206. The van der Waals surface area contributed by atoms with Gasteiger partial charge in [-0.3, -0.25) is 14.9 Å². The molecule has 0 unspecified atom stereocenters. The summed E-state index contributed by atoms with van der Waals surface area (Å²) in [5.74, 6) is 1.05. The van der Waals surface area contributed by atoms with Gasteiger partial charge >= 0.3 is 11.9 Å². The van der Waals surface area contributed by atoms with Crippen molar-refractivity contribution in [1.29, 1.82) is 0 Å². The van der Waals surface area contributed by atoms with Gasteiger partial charge in [0.2, 0.25) is 0 Å². The Hall–Kier alpha value is -3.51. The molecule has 0 radical (unpaired) electrons. The van der Waals surface area contributed by atoms with E-state index in [-0.39, 0.29) is 30.2 Å². The molecule has 13 rings (SSSR count). The number of nitrogens with one attached hydrogen (secondary N) is 1. The number of carbonyl (C=O) groups is 3. The van der Waals surface area contributed by atoms with Crippen molar-refractivity contribution in [3.8, 4) is 0 Å². The Morgan fingerprint density at radius 3 is 2.55 bits per heavy atom. The van der Waals surface area contributed by atoms with E-state index in [4.69, 9.17) is 23.4 Å². The van der Waals surface area contributed by atoms with E-state index in [2.05, 4.69) is 59.7 Å². The molecule has 5 saturated carbocycles. The minimum atomic E-state index is -1.41. The highest BCUT2D eigenvalue weighted by molar-refractivity contribution is 5.93. The molecule has 7 heterocycles. The minimum Gasteiger partial charge on any atom is -0.469 e. The van der Waals surface area contributed by atoms with Crippen molar-refractivity contribution in [2.24, 2.45) is 63.1 Å². The summed E-state index contributed by atoms with van der Waals surface area (Å²) in [4.78, 5) is 47.5. The monoisotopic (exact) mass is 903 g/mol. The van der Waals surface area contributed by atoms with Gasteiger partial charge in [-0.1, -0.05) is 75.4 Å². The first-order chi connectivity index (χ1) is 31.9. The topological polar surface area (TPSA) is 140 Å². The van der Waals surface area contributed by atoms with Crippen molar-refractivity contribution >= 4 is 17.7 Å². The van der Waals surface area contributed by atoms with Gasteiger partial charge in [-0.25, -0.2) is 4.79 Å². The molecule has 1 aromatic carbocycles. The lowest BCUT2D eigenvalue weighted by molar-refractivity contribution is -0.285. The third-order valence-corrected chi connectivity index (χ3v) is 21.1. The summed E-state index contributed by atoms with van der Waals surface area (Å²) >= 11 is 0. The number of aliphatic hydroxyl groups excluding tert-OH is 1. The predicted molar refractivity (Wildman–Crippen MR) is 242 cm³/mol. The summed E-state index contributed by atoms with van der Waals surface area (Å²) in [6.07, 6.45) is 17.3. The van der Waals surface area contributed by atoms with Crippen LogP contribution in [0.5, 0.6) is 0 Å². The van der Waals surface area contributed by atoms with Crippen LogP contribution in [0.4, 0.5) is 0 Å². The Morgan fingerprint density at radius 1 is 0.879 bits per heavy atom. The smallest absolute Gasteiger partial charge is 0.339 e. The molecule has 0 bridgehead atoms. The van der Waals surface area contributed by atoms with E-state index in [1.165, 1.54) is 24.8 Å². The van der Waals surface area contributed by atoms with Crippen molar-refractivity contribution < 1.29 is 42.9 Å². The van der Waals surface area contributed by atoms with Gasteiger partial charge in [0.15, 0.2) is 11.9 Å². The summed E-state index contributed by atoms with van der Waals surface area (Å²) in [5.41, 5.74) is -3.69. The fourth-order valence-corrected chi connectivity index (χ4v) is 18.8. The molecular weight excluding hydrogens is 833 g/mol. The first kappa shape index (κ1) is 42.6. The number of benzene rings is 1. The van der Waals surface area contributed by atoms with E-state index < -0.39 is 69.2 Å². The average Bonchev–Trinajstić information content (AvgIpc) is 3.77. The van der Waals surface area contributed by atoms with E-state index in [0.29, 0.717) is 55.4 Å². The summed E-state index contributed by atoms with van der Waals surface area (Å²) < 4.78 is 34.1. The number of esters is 2. The first-order valence-electron chi connectivity index (χ1n) is 26.1. The SMILES string of the molecule is CC1(C)O[C@H]2C3(CCCC3)C(=O)OC[C@@]23[C@@H]1C(=O)[C@@H](O)[C@]1([C@H]2CCC[C@H](Cc4ccccc4)C2)[C@@H]3CC[C@@]2(C)[C@H](c3ccoc3CC[C@H]3CC[C@@H]4[C@H](C=CN5CNC[C@@H]45)C3)OC(=O)[C@H]3O[C@@]312. The van der Waals surface area contributed by atoms with Crippen molar-refractivity contribution in [2.75, 3.05) is 19.8 Å². The number of furan rings is 1. The summed E-state index contributed by atoms with van der Waals surface area (Å²) in [6.45, 7) is 8.31. The normalized spacial score (nSPS) is 46.8. The number of ether oxygens (including phenoxy) is 4. The Bertz CT molecular complexity index is 2320. The summed E-state index contributed by atoms with van der Waals surface area (Å²) in [5, 5.41) is 17.2. The fraction of sp³-hybridized carbons (Fsp3) is 0.727. The number of allylic oxidation sites excluding steroid dienone is 1. The van der Waals surface area contributed by atoms with Gasteiger partial charge in [0, 0.05) is 40.8 Å². The molecule has 10 fully saturated rings. The number of Topliss-reactive ketones (excluding diaryl/α,β-unsaturated/α-hetero) is 1. The van der Waals surface area contributed by atoms with Crippen LogP contribution in [-0.4, -0.2) is 83.1 Å². The molecule has 3 spiro atoms. The second kappa shape index (κ2) is 14.8. The lowest BCUT2D eigenvalue weighted by atomic mass is 9.32. The van der Waals surface area contributed by atoms with Crippen molar-refractivity contribution in [1.82, 2.24) is 10.2 Å². The maximum atomic E-state index is 15.9. The van der Waals surface area contributed by atoms with Crippen molar-refractivity contribution in [2.45, 2.75) is 165 Å². The predicted octanol–water partition coefficient (Wildman–Crippen LogP) is 8.03. The largest absolute Gasteiger partial charge is 0.469 e. The van der Waals surface area contributed by atoms with Gasteiger partial charge in [0.25, 0.3) is 0 Å². The van der Waals surface area contributed by atoms with Crippen LogP contribution in [0.25, 0.3) is 0 Å². The highest BCUT2D eigenvalue weighted by atomic mass is 16.7. The Labute approximate surface area is 389 Å². The first-order valence-corrected chi connectivity index (χ1v) is 26.1. The number of aryl methyl sites for hydroxylation is 1. The number of cyclic esters (lactones) is 2. The molecule has 1 aromatic heterocycles. The lowest BCUT2D eigenvalue weighted by Gasteiger charge is -2.70. The van der Waals surface area contributed by atoms with Gasteiger partial charge in [-0.05, 0) is 131 Å². The number of nitrogens with zero attached hydrogens (tertiary/aromatic N) is 1. The maximum Gasteiger partial charge on any atom is 0.339 e. The second-order valence-electron chi connectivity index (χ2n) is 24.2. The van der Waals surface area contributed by atoms with Crippen LogP contribution in [0.1, 0.15) is 134 Å². The van der Waals surface area contributed by atoms with Crippen LogP contribution in [0.3, 0.4) is 0 Å². The van der Waals surface area contributed by atoms with E-state index in [9.17, 15) is 14.7 Å². The van der Waals surface area contributed by atoms with Crippen molar-refractivity contribution in [3.63, 3.8) is 0 Å². The minimum absolute atomic E-state index is 0.0724. The van der Waals surface area contributed by atoms with Crippen LogP contribution in [0.15, 0.2) is 59.4 Å². The van der Waals surface area contributed by atoms with Gasteiger partial charge in [0.05, 0.1) is 36.0 Å². The average molecular weight is 903 g/mol. The molecule has 66 heavy (non-hydrogen) atoms. The molecule has 5 saturated heterocycles. The third kappa shape index (κ3) is 5.43. The highest BCUT2D eigenvalue weighted by Gasteiger charge is 2.93. The Kier molecular flexibility index (Phi) is 9.52. The number of hydrogen-bond donors (Lipinski definition) is 2. The second-order valence-corrected chi connectivity index (χ2v) is 24.2. The van der Waals surface area contributed by atoms with Gasteiger partial charge in [0.1, 0.15) is 30.2 Å². The van der Waals surface area contributed by atoms with Gasteiger partial charge in [-0.15, -0.1) is 0 Å². The number of ketones is 1. The molecule has 6 aliphatic heterocycles. The molecule has 11 heteroatoms. The number of fused-ring (bicyclic) bond motifs is 5. The Balaban J connectivity index is 0.902. The number of rotatable bonds is 7. The molecule has 16 atom stereocenters. The van der Waals surface area contributed by atoms with Crippen LogP contribution in [-0.2, 0) is 46.2 Å². The molecular formula is C55H70N2O9. The van der Waals surface area contributed by atoms with E-state index in [1.807, 2.05) is 19.9 Å². The van der Waals surface area contributed by atoms with Gasteiger partial charge < -0.3 is 33.4 Å². The van der Waals surface area contributed by atoms with Crippen molar-refractivity contribution in [3.05, 3.63) is 71.8 Å². The molecule has 2 aromatic rings. The zero-order chi connectivity index (χ0) is 45.0. The van der Waals surface area contributed by atoms with E-state index in [1.54, 1.807) is 6.26 Å². The van der Waals surface area contributed by atoms with Crippen LogP contribution in [0, 0.1) is 63.1 Å². The Morgan fingerprint density at radius 2 is 1.71 bits per heavy atom. The zero-order valence-electron chi connectivity index (χ0n) is 39.2.